The Morgan fingerprint density at radius 1 is 0.867 bits per heavy atom. The Balaban J connectivity index is 1.83. The fraction of sp³-hybridized carbons (Fsp3) is 1.00. The van der Waals surface area contributed by atoms with Crippen LogP contribution in [0.3, 0.4) is 0 Å². The van der Waals surface area contributed by atoms with Crippen LogP contribution >= 0.6 is 0 Å². The van der Waals surface area contributed by atoms with E-state index in [0.717, 1.165) is 44.9 Å². The molecule has 2 saturated carbocycles. The van der Waals surface area contributed by atoms with Crippen molar-refractivity contribution in [3.05, 3.63) is 0 Å². The SMILES string of the molecule is OC1CCCCC1OC1CCCCC1F. The summed E-state index contributed by atoms with van der Waals surface area (Å²) >= 11 is 0. The first-order chi connectivity index (χ1) is 7.27. The summed E-state index contributed by atoms with van der Waals surface area (Å²) in [5.41, 5.74) is 0. The van der Waals surface area contributed by atoms with Crippen molar-refractivity contribution < 1.29 is 14.2 Å². The van der Waals surface area contributed by atoms with Crippen LogP contribution in [0.15, 0.2) is 0 Å². The van der Waals surface area contributed by atoms with E-state index in [1.165, 1.54) is 0 Å². The van der Waals surface area contributed by atoms with Crippen LogP contribution in [0.2, 0.25) is 0 Å². The molecule has 0 aromatic rings. The maximum Gasteiger partial charge on any atom is 0.126 e. The summed E-state index contributed by atoms with van der Waals surface area (Å²) < 4.78 is 19.3. The van der Waals surface area contributed by atoms with E-state index in [4.69, 9.17) is 4.74 Å². The number of aliphatic hydroxyl groups is 1. The van der Waals surface area contributed by atoms with Crippen LogP contribution < -0.4 is 0 Å². The Morgan fingerprint density at radius 2 is 1.47 bits per heavy atom. The molecule has 3 heteroatoms. The maximum absolute atomic E-state index is 13.5. The van der Waals surface area contributed by atoms with Crippen molar-refractivity contribution in [1.82, 2.24) is 0 Å². The van der Waals surface area contributed by atoms with Gasteiger partial charge in [-0.2, -0.15) is 0 Å². The Hall–Kier alpha value is -0.150. The van der Waals surface area contributed by atoms with E-state index in [0.29, 0.717) is 6.42 Å². The molecule has 4 unspecified atom stereocenters. The molecular formula is C12H21FO2. The van der Waals surface area contributed by atoms with Gasteiger partial charge in [-0.05, 0) is 25.7 Å². The van der Waals surface area contributed by atoms with E-state index in [1.54, 1.807) is 0 Å². The second-order valence-corrected chi connectivity index (χ2v) is 4.87. The highest BCUT2D eigenvalue weighted by atomic mass is 19.1. The molecule has 0 radical (unpaired) electrons. The number of halogens is 1. The third-order valence-electron chi connectivity index (χ3n) is 3.64. The lowest BCUT2D eigenvalue weighted by Crippen LogP contribution is -2.40. The molecule has 0 heterocycles. The second kappa shape index (κ2) is 5.26. The van der Waals surface area contributed by atoms with Crippen LogP contribution in [-0.2, 0) is 4.74 Å². The molecule has 2 aliphatic carbocycles. The highest BCUT2D eigenvalue weighted by Gasteiger charge is 2.31. The first kappa shape index (κ1) is 11.3. The minimum atomic E-state index is -0.812. The van der Waals surface area contributed by atoms with Gasteiger partial charge < -0.3 is 9.84 Å². The first-order valence-electron chi connectivity index (χ1n) is 6.25. The largest absolute Gasteiger partial charge is 0.390 e. The van der Waals surface area contributed by atoms with Crippen LogP contribution in [0.4, 0.5) is 4.39 Å². The Labute approximate surface area is 90.8 Å². The van der Waals surface area contributed by atoms with Crippen LogP contribution in [0, 0.1) is 0 Å². The smallest absolute Gasteiger partial charge is 0.126 e. The average molecular weight is 216 g/mol. The number of hydrogen-bond acceptors (Lipinski definition) is 2. The van der Waals surface area contributed by atoms with Crippen LogP contribution in [-0.4, -0.2) is 29.6 Å². The van der Waals surface area contributed by atoms with Gasteiger partial charge in [-0.3, -0.25) is 0 Å². The number of aliphatic hydroxyl groups excluding tert-OH is 1. The van der Waals surface area contributed by atoms with Crippen molar-refractivity contribution in [3.8, 4) is 0 Å². The van der Waals surface area contributed by atoms with Crippen molar-refractivity contribution in [1.29, 1.82) is 0 Å². The molecule has 2 aliphatic rings. The van der Waals surface area contributed by atoms with Gasteiger partial charge in [0.15, 0.2) is 0 Å². The van der Waals surface area contributed by atoms with Gasteiger partial charge in [0.2, 0.25) is 0 Å². The molecule has 0 aromatic carbocycles. The average Bonchev–Trinajstić information content (AvgIpc) is 2.24. The van der Waals surface area contributed by atoms with Gasteiger partial charge in [0, 0.05) is 0 Å². The third-order valence-corrected chi connectivity index (χ3v) is 3.64. The molecule has 88 valence electrons. The summed E-state index contributed by atoms with van der Waals surface area (Å²) in [6, 6.07) is 0. The van der Waals surface area contributed by atoms with E-state index in [1.807, 2.05) is 0 Å². The normalized spacial score (nSPS) is 42.8. The van der Waals surface area contributed by atoms with E-state index in [-0.39, 0.29) is 18.3 Å². The fourth-order valence-electron chi connectivity index (χ4n) is 2.67. The molecule has 0 spiro atoms. The first-order valence-corrected chi connectivity index (χ1v) is 6.25. The van der Waals surface area contributed by atoms with Crippen molar-refractivity contribution in [2.45, 2.75) is 75.9 Å². The number of alkyl halides is 1. The van der Waals surface area contributed by atoms with Gasteiger partial charge >= 0.3 is 0 Å². The molecule has 0 aliphatic heterocycles. The zero-order valence-corrected chi connectivity index (χ0v) is 9.20. The van der Waals surface area contributed by atoms with Crippen LogP contribution in [0.1, 0.15) is 51.4 Å². The van der Waals surface area contributed by atoms with Crippen molar-refractivity contribution in [3.63, 3.8) is 0 Å². The summed E-state index contributed by atoms with van der Waals surface area (Å²) in [4.78, 5) is 0. The topological polar surface area (TPSA) is 29.5 Å². The lowest BCUT2D eigenvalue weighted by molar-refractivity contribution is -0.124. The Morgan fingerprint density at radius 3 is 2.13 bits per heavy atom. The van der Waals surface area contributed by atoms with Crippen molar-refractivity contribution >= 4 is 0 Å². The molecule has 2 rings (SSSR count). The number of hydrogen-bond donors (Lipinski definition) is 1. The standard InChI is InChI=1S/C12H21FO2/c13-9-5-1-3-7-11(9)15-12-8-4-2-6-10(12)14/h9-12,14H,1-8H2. The van der Waals surface area contributed by atoms with Crippen molar-refractivity contribution in [2.75, 3.05) is 0 Å². The minimum Gasteiger partial charge on any atom is -0.390 e. The molecule has 15 heavy (non-hydrogen) atoms. The zero-order valence-electron chi connectivity index (χ0n) is 9.20. The predicted molar refractivity (Wildman–Crippen MR) is 56.5 cm³/mol. The minimum absolute atomic E-state index is 0.111. The van der Waals surface area contributed by atoms with Crippen molar-refractivity contribution in [2.24, 2.45) is 0 Å². The van der Waals surface area contributed by atoms with E-state index < -0.39 is 6.17 Å². The summed E-state index contributed by atoms with van der Waals surface area (Å²) in [7, 11) is 0. The van der Waals surface area contributed by atoms with Gasteiger partial charge in [-0.1, -0.05) is 25.7 Å². The molecule has 0 aromatic heterocycles. The van der Waals surface area contributed by atoms with E-state index in [2.05, 4.69) is 0 Å². The highest BCUT2D eigenvalue weighted by molar-refractivity contribution is 4.81. The Bertz CT molecular complexity index is 178. The molecule has 2 nitrogen and oxygen atoms in total. The van der Waals surface area contributed by atoms with Crippen LogP contribution in [0.25, 0.3) is 0 Å². The number of ether oxygens (including phenoxy) is 1. The van der Waals surface area contributed by atoms with Gasteiger partial charge in [-0.15, -0.1) is 0 Å². The summed E-state index contributed by atoms with van der Waals surface area (Å²) in [6.45, 7) is 0. The fourth-order valence-corrected chi connectivity index (χ4v) is 2.67. The summed E-state index contributed by atoms with van der Waals surface area (Å²) in [5, 5.41) is 9.74. The molecule has 0 bridgehead atoms. The molecule has 1 N–H and O–H groups in total. The molecule has 0 amide bonds. The molecular weight excluding hydrogens is 195 g/mol. The lowest BCUT2D eigenvalue weighted by atomic mass is 9.92. The predicted octanol–water partition coefficient (Wildman–Crippen LogP) is 2.59. The quantitative estimate of drug-likeness (QED) is 0.768. The molecule has 4 atom stereocenters. The summed E-state index contributed by atoms with van der Waals surface area (Å²) in [6.07, 6.45) is 5.84. The van der Waals surface area contributed by atoms with Gasteiger partial charge in [-0.25, -0.2) is 4.39 Å². The van der Waals surface area contributed by atoms with E-state index >= 15 is 0 Å². The van der Waals surface area contributed by atoms with Crippen LogP contribution in [0.5, 0.6) is 0 Å². The van der Waals surface area contributed by atoms with Gasteiger partial charge in [0.25, 0.3) is 0 Å². The number of rotatable bonds is 2. The highest BCUT2D eigenvalue weighted by Crippen LogP contribution is 2.29. The zero-order chi connectivity index (χ0) is 10.7. The third kappa shape index (κ3) is 2.91. The molecule has 2 fully saturated rings. The maximum atomic E-state index is 13.5. The second-order valence-electron chi connectivity index (χ2n) is 4.87. The van der Waals surface area contributed by atoms with Gasteiger partial charge in [0.05, 0.1) is 18.3 Å². The molecule has 0 saturated heterocycles. The van der Waals surface area contributed by atoms with E-state index in [9.17, 15) is 9.50 Å². The lowest BCUT2D eigenvalue weighted by Gasteiger charge is -2.34. The van der Waals surface area contributed by atoms with Gasteiger partial charge in [0.1, 0.15) is 6.17 Å². The monoisotopic (exact) mass is 216 g/mol. The summed E-state index contributed by atoms with van der Waals surface area (Å²) in [5.74, 6) is 0. The Kier molecular flexibility index (Phi) is 3.98.